The van der Waals surface area contributed by atoms with E-state index in [2.05, 4.69) is 81.3 Å². The number of aliphatic hydroxyl groups excluding tert-OH is 1. The molecule has 4 aromatic heterocycles. The summed E-state index contributed by atoms with van der Waals surface area (Å²) in [5, 5.41) is 17.1. The van der Waals surface area contributed by atoms with Crippen molar-refractivity contribution in [1.29, 1.82) is 0 Å². The van der Waals surface area contributed by atoms with E-state index in [-0.39, 0.29) is 34.6 Å². The Bertz CT molecular complexity index is 2710. The van der Waals surface area contributed by atoms with E-state index in [4.69, 9.17) is 9.97 Å². The summed E-state index contributed by atoms with van der Waals surface area (Å²) in [6.07, 6.45) is 8.46. The lowest BCUT2D eigenvalue weighted by Gasteiger charge is -2.48. The van der Waals surface area contributed by atoms with Crippen LogP contribution < -0.4 is 30.9 Å². The fourth-order valence-electron chi connectivity index (χ4n) is 10.5. The first-order valence-electron chi connectivity index (χ1n) is 22.5. The van der Waals surface area contributed by atoms with Crippen LogP contribution in [0.4, 0.5) is 34.5 Å². The zero-order valence-electron chi connectivity index (χ0n) is 37.8. The number of carbonyl (C=O) groups is 2. The highest BCUT2D eigenvalue weighted by atomic mass is 16.3. The molecule has 334 valence electrons. The standard InChI is InChI=1S/C49H59N11O4/c1-8-44(62)53-38-24-34(12-13-40(38)57-19-18-56(27-32(57)4)35-15-17-58(31(3)22-35)43-11-9-10-30(2)51-43)52-45-48(64)55(7)28-39(54-45)36-14-16-50-46(37(36)29-61)60-21-20-59-41(47(60)63)23-33-25-49(5,6)26-42(33)59/h8-14,16,23-24,28,31-32,35,61H,1,15,17-22,25-27,29H2,2-7H3,(H,52,54)(H,53,62)/t31-,32+,35?/m1/s1. The van der Waals surface area contributed by atoms with Crippen LogP contribution in [-0.2, 0) is 37.8 Å². The minimum Gasteiger partial charge on any atom is -0.392 e. The number of hydrogen-bond acceptors (Lipinski definition) is 11. The molecule has 2 amide bonds. The highest BCUT2D eigenvalue weighted by Crippen LogP contribution is 2.41. The van der Waals surface area contributed by atoms with Crippen molar-refractivity contribution in [3.63, 3.8) is 0 Å². The fraction of sp³-hybridized carbons (Fsp3) is 0.429. The minimum atomic E-state index is -0.397. The molecule has 15 nitrogen and oxygen atoms in total. The van der Waals surface area contributed by atoms with Crippen molar-refractivity contribution in [1.82, 2.24) is 29.0 Å². The molecule has 7 heterocycles. The lowest BCUT2D eigenvalue weighted by molar-refractivity contribution is -0.111. The smallest absolute Gasteiger partial charge is 0.293 e. The third-order valence-corrected chi connectivity index (χ3v) is 13.6. The van der Waals surface area contributed by atoms with Crippen LogP contribution in [-0.4, -0.2) is 96.8 Å². The summed E-state index contributed by atoms with van der Waals surface area (Å²) in [5.41, 5.74) is 7.35. The summed E-state index contributed by atoms with van der Waals surface area (Å²) in [6, 6.07) is 16.7. The molecule has 0 spiro atoms. The third-order valence-electron chi connectivity index (χ3n) is 13.6. The molecule has 15 heteroatoms. The van der Waals surface area contributed by atoms with Crippen LogP contribution in [0.15, 0.2) is 78.4 Å². The average molecular weight is 866 g/mol. The summed E-state index contributed by atoms with van der Waals surface area (Å²) in [6.45, 7) is 18.9. The van der Waals surface area contributed by atoms with Crippen molar-refractivity contribution in [3.05, 3.63) is 112 Å². The number of anilines is 6. The Morgan fingerprint density at radius 1 is 0.984 bits per heavy atom. The SMILES string of the molecule is C=CC(=O)Nc1cc(Nc2nc(-c3ccnc(N4CCn5c(cc6c5CC(C)(C)C6)C4=O)c3CO)cn(C)c2=O)ccc1N1CCN(C2CCN(c3cccc(C)n3)[C@H](C)C2)C[C@@H]1C. The van der Waals surface area contributed by atoms with Gasteiger partial charge in [-0.3, -0.25) is 24.2 Å². The van der Waals surface area contributed by atoms with Gasteiger partial charge < -0.3 is 34.7 Å². The molecule has 5 aromatic rings. The van der Waals surface area contributed by atoms with Gasteiger partial charge in [0.2, 0.25) is 5.91 Å². The van der Waals surface area contributed by atoms with Gasteiger partial charge in [-0.1, -0.05) is 26.5 Å². The first-order valence-corrected chi connectivity index (χ1v) is 22.5. The molecule has 1 aliphatic carbocycles. The molecule has 1 aromatic carbocycles. The molecule has 0 bridgehead atoms. The van der Waals surface area contributed by atoms with Gasteiger partial charge in [0, 0.05) is 105 Å². The number of aromatic nitrogens is 5. The zero-order valence-corrected chi connectivity index (χ0v) is 37.8. The molecular formula is C49H59N11O4. The molecule has 3 aliphatic heterocycles. The number of aliphatic hydroxyl groups is 1. The van der Waals surface area contributed by atoms with Crippen molar-refractivity contribution in [2.45, 2.75) is 91.6 Å². The van der Waals surface area contributed by atoms with Gasteiger partial charge in [0.25, 0.3) is 11.5 Å². The Labute approximate surface area is 374 Å². The van der Waals surface area contributed by atoms with Crippen LogP contribution in [0.2, 0.25) is 0 Å². The minimum absolute atomic E-state index is 0.0563. The van der Waals surface area contributed by atoms with Gasteiger partial charge in [-0.2, -0.15) is 0 Å². The normalized spacial score (nSPS) is 20.8. The van der Waals surface area contributed by atoms with Crippen LogP contribution in [0.1, 0.15) is 73.5 Å². The van der Waals surface area contributed by atoms with Crippen LogP contribution in [0.5, 0.6) is 0 Å². The Morgan fingerprint density at radius 3 is 2.56 bits per heavy atom. The molecule has 3 N–H and O–H groups in total. The quantitative estimate of drug-likeness (QED) is 0.140. The molecule has 3 atom stereocenters. The van der Waals surface area contributed by atoms with Crippen molar-refractivity contribution in [2.75, 3.05) is 58.1 Å². The number of benzene rings is 1. The lowest BCUT2D eigenvalue weighted by Crippen LogP contribution is -2.58. The number of piperazine rings is 1. The Kier molecular flexibility index (Phi) is 11.4. The summed E-state index contributed by atoms with van der Waals surface area (Å²) in [5.74, 6) is 0.972. The molecule has 64 heavy (non-hydrogen) atoms. The summed E-state index contributed by atoms with van der Waals surface area (Å²) < 4.78 is 3.59. The predicted octanol–water partition coefficient (Wildman–Crippen LogP) is 6.06. The van der Waals surface area contributed by atoms with Gasteiger partial charge in [-0.25, -0.2) is 15.0 Å². The van der Waals surface area contributed by atoms with Crippen molar-refractivity contribution >= 4 is 46.3 Å². The topological polar surface area (TPSA) is 157 Å². The second kappa shape index (κ2) is 17.0. The van der Waals surface area contributed by atoms with Gasteiger partial charge in [-0.05, 0) is 106 Å². The molecule has 0 radical (unpaired) electrons. The van der Waals surface area contributed by atoms with Gasteiger partial charge in [0.05, 0.1) is 23.7 Å². The van der Waals surface area contributed by atoms with Crippen molar-refractivity contribution in [3.8, 4) is 11.3 Å². The highest BCUT2D eigenvalue weighted by Gasteiger charge is 2.38. The summed E-state index contributed by atoms with van der Waals surface area (Å²) >= 11 is 0. The molecule has 9 rings (SSSR count). The monoisotopic (exact) mass is 865 g/mol. The van der Waals surface area contributed by atoms with E-state index in [0.717, 1.165) is 69.1 Å². The average Bonchev–Trinajstić information content (AvgIpc) is 3.77. The van der Waals surface area contributed by atoms with Crippen LogP contribution in [0, 0.1) is 12.3 Å². The van der Waals surface area contributed by atoms with Crippen molar-refractivity contribution < 1.29 is 14.7 Å². The maximum Gasteiger partial charge on any atom is 0.293 e. The van der Waals surface area contributed by atoms with E-state index < -0.39 is 6.61 Å². The number of nitrogens with zero attached hydrogens (tertiary/aromatic N) is 9. The van der Waals surface area contributed by atoms with Gasteiger partial charge in [-0.15, -0.1) is 0 Å². The predicted molar refractivity (Wildman–Crippen MR) is 252 cm³/mol. The second-order valence-electron chi connectivity index (χ2n) is 18.8. The van der Waals surface area contributed by atoms with Gasteiger partial charge in [0.15, 0.2) is 5.82 Å². The van der Waals surface area contributed by atoms with E-state index in [1.165, 1.54) is 21.9 Å². The van der Waals surface area contributed by atoms with E-state index >= 15 is 0 Å². The first kappa shape index (κ1) is 43.0. The number of pyridine rings is 2. The van der Waals surface area contributed by atoms with E-state index in [9.17, 15) is 19.5 Å². The number of nitrogens with one attached hydrogen (secondary N) is 2. The van der Waals surface area contributed by atoms with Gasteiger partial charge >= 0.3 is 0 Å². The Hall–Kier alpha value is -6.32. The number of carbonyl (C=O) groups excluding carboxylic acids is 2. The molecule has 2 saturated heterocycles. The second-order valence-corrected chi connectivity index (χ2v) is 18.8. The number of amides is 2. The Balaban J connectivity index is 0.939. The van der Waals surface area contributed by atoms with Crippen molar-refractivity contribution in [2.24, 2.45) is 12.5 Å². The molecule has 4 aliphatic rings. The number of fused-ring (bicyclic) bond motifs is 3. The lowest BCUT2D eigenvalue weighted by atomic mass is 9.90. The van der Waals surface area contributed by atoms with Gasteiger partial charge in [0.1, 0.15) is 17.3 Å². The maximum absolute atomic E-state index is 14.0. The Morgan fingerprint density at radius 2 is 1.81 bits per heavy atom. The zero-order chi connectivity index (χ0) is 45.0. The summed E-state index contributed by atoms with van der Waals surface area (Å²) in [7, 11) is 1.65. The maximum atomic E-state index is 14.0. The van der Waals surface area contributed by atoms with E-state index in [1.54, 1.807) is 30.4 Å². The number of aryl methyl sites for hydroxylation is 2. The largest absolute Gasteiger partial charge is 0.392 e. The summed E-state index contributed by atoms with van der Waals surface area (Å²) in [4.78, 5) is 63.8. The molecular weight excluding hydrogens is 807 g/mol. The van der Waals surface area contributed by atoms with Crippen LogP contribution >= 0.6 is 0 Å². The number of rotatable bonds is 10. The first-order chi connectivity index (χ1) is 30.7. The van der Waals surface area contributed by atoms with Crippen LogP contribution in [0.25, 0.3) is 11.3 Å². The fourth-order valence-corrected chi connectivity index (χ4v) is 10.5. The van der Waals surface area contributed by atoms with E-state index in [1.807, 2.05) is 37.3 Å². The molecule has 2 fully saturated rings. The third kappa shape index (κ3) is 8.06. The number of hydrogen-bond donors (Lipinski definition) is 3. The number of piperidine rings is 1. The van der Waals surface area contributed by atoms with E-state index in [0.29, 0.717) is 64.9 Å². The highest BCUT2D eigenvalue weighted by molar-refractivity contribution is 6.06. The molecule has 1 unspecified atom stereocenters. The van der Waals surface area contributed by atoms with Crippen LogP contribution in [0.3, 0.4) is 0 Å². The molecule has 0 saturated carbocycles.